The maximum absolute atomic E-state index is 12.7. The summed E-state index contributed by atoms with van der Waals surface area (Å²) < 4.78 is 0. The lowest BCUT2D eigenvalue weighted by molar-refractivity contribution is 0.0507. The van der Waals surface area contributed by atoms with Crippen LogP contribution in [0.4, 0.5) is 5.69 Å². The van der Waals surface area contributed by atoms with E-state index in [-0.39, 0.29) is 22.7 Å². The number of anilines is 1. The largest absolute Gasteiger partial charge is 0.329 e. The van der Waals surface area contributed by atoms with Crippen LogP contribution in [0.25, 0.3) is 11.0 Å². The second-order valence-corrected chi connectivity index (χ2v) is 7.95. The Balaban J connectivity index is 1.62. The first-order valence-electron chi connectivity index (χ1n) is 8.65. The standard InChI is InChI=1S/C20H17ClN4O3/c1-20(2,3)25-17(27)12-6-4-10(8-13(12)18(25)28)16(26)22-11-5-7-14-15(9-11)24-19(21)23-14/h4-9H,1-3H3,(H,22,26)(H,23,24). The molecule has 0 fully saturated rings. The molecule has 7 nitrogen and oxygen atoms in total. The highest BCUT2D eigenvalue weighted by atomic mass is 35.5. The third kappa shape index (κ3) is 2.93. The Labute approximate surface area is 165 Å². The van der Waals surface area contributed by atoms with Crippen molar-refractivity contribution in [2.45, 2.75) is 26.3 Å². The van der Waals surface area contributed by atoms with E-state index in [1.165, 1.54) is 23.1 Å². The fraction of sp³-hybridized carbons (Fsp3) is 0.200. The lowest BCUT2D eigenvalue weighted by Crippen LogP contribution is -2.45. The molecular weight excluding hydrogens is 380 g/mol. The minimum absolute atomic E-state index is 0.239. The van der Waals surface area contributed by atoms with Gasteiger partial charge < -0.3 is 10.3 Å². The molecule has 0 aliphatic carbocycles. The second kappa shape index (κ2) is 6.17. The molecule has 3 aromatic rings. The van der Waals surface area contributed by atoms with Crippen molar-refractivity contribution in [2.24, 2.45) is 0 Å². The molecule has 2 N–H and O–H groups in total. The van der Waals surface area contributed by atoms with Crippen LogP contribution in [0, 0.1) is 0 Å². The van der Waals surface area contributed by atoms with Crippen LogP contribution in [0.15, 0.2) is 36.4 Å². The van der Waals surface area contributed by atoms with Crippen LogP contribution in [0.5, 0.6) is 0 Å². The van der Waals surface area contributed by atoms with Gasteiger partial charge in [-0.15, -0.1) is 0 Å². The maximum Gasteiger partial charge on any atom is 0.262 e. The molecule has 8 heteroatoms. The van der Waals surface area contributed by atoms with Crippen LogP contribution < -0.4 is 5.32 Å². The number of benzene rings is 2. The van der Waals surface area contributed by atoms with Crippen LogP contribution >= 0.6 is 11.6 Å². The topological polar surface area (TPSA) is 95.2 Å². The molecule has 0 saturated heterocycles. The van der Waals surface area contributed by atoms with Crippen molar-refractivity contribution in [2.75, 3.05) is 5.32 Å². The molecule has 1 aliphatic heterocycles. The van der Waals surface area contributed by atoms with Crippen molar-refractivity contribution in [3.05, 3.63) is 58.4 Å². The predicted octanol–water partition coefficient (Wildman–Crippen LogP) is 3.86. The van der Waals surface area contributed by atoms with Gasteiger partial charge in [0.2, 0.25) is 5.28 Å². The summed E-state index contributed by atoms with van der Waals surface area (Å²) in [6.07, 6.45) is 0. The average Bonchev–Trinajstić information content (AvgIpc) is 3.10. The van der Waals surface area contributed by atoms with Crippen LogP contribution in [0.1, 0.15) is 51.8 Å². The summed E-state index contributed by atoms with van der Waals surface area (Å²) >= 11 is 5.84. The summed E-state index contributed by atoms with van der Waals surface area (Å²) in [5, 5.41) is 3.05. The maximum atomic E-state index is 12.7. The number of nitrogens with one attached hydrogen (secondary N) is 2. The van der Waals surface area contributed by atoms with Crippen LogP contribution in [-0.4, -0.2) is 38.1 Å². The summed E-state index contributed by atoms with van der Waals surface area (Å²) in [6, 6.07) is 9.68. The summed E-state index contributed by atoms with van der Waals surface area (Å²) in [5.74, 6) is -1.13. The number of aromatic nitrogens is 2. The number of hydrogen-bond acceptors (Lipinski definition) is 4. The first kappa shape index (κ1) is 18.2. The van der Waals surface area contributed by atoms with Gasteiger partial charge >= 0.3 is 0 Å². The molecular formula is C20H17ClN4O3. The van der Waals surface area contributed by atoms with Crippen molar-refractivity contribution in [1.82, 2.24) is 14.9 Å². The van der Waals surface area contributed by atoms with E-state index in [9.17, 15) is 14.4 Å². The molecule has 0 radical (unpaired) electrons. The molecule has 4 rings (SSSR count). The van der Waals surface area contributed by atoms with Crippen LogP contribution in [-0.2, 0) is 0 Å². The minimum atomic E-state index is -0.642. The minimum Gasteiger partial charge on any atom is -0.329 e. The van der Waals surface area contributed by atoms with E-state index in [1.807, 2.05) is 0 Å². The number of carbonyl (C=O) groups is 3. The Morgan fingerprint density at radius 1 is 1.07 bits per heavy atom. The van der Waals surface area contributed by atoms with Gasteiger partial charge in [0.25, 0.3) is 17.7 Å². The molecule has 2 aromatic carbocycles. The molecule has 0 spiro atoms. The lowest BCUT2D eigenvalue weighted by Gasteiger charge is -2.29. The Kier molecular flexibility index (Phi) is 4.01. The van der Waals surface area contributed by atoms with Crippen LogP contribution in [0.3, 0.4) is 0 Å². The normalized spacial score (nSPS) is 13.9. The Morgan fingerprint density at radius 2 is 1.79 bits per heavy atom. The summed E-state index contributed by atoms with van der Waals surface area (Å²) in [7, 11) is 0. The van der Waals surface area contributed by atoms with E-state index in [0.29, 0.717) is 27.8 Å². The first-order valence-corrected chi connectivity index (χ1v) is 9.02. The van der Waals surface area contributed by atoms with Crippen molar-refractivity contribution in [3.8, 4) is 0 Å². The zero-order chi connectivity index (χ0) is 20.2. The molecule has 1 aromatic heterocycles. The van der Waals surface area contributed by atoms with E-state index < -0.39 is 11.4 Å². The summed E-state index contributed by atoms with van der Waals surface area (Å²) in [5.41, 5.74) is 2.13. The molecule has 1 aliphatic rings. The number of amides is 3. The van der Waals surface area contributed by atoms with E-state index >= 15 is 0 Å². The molecule has 2 heterocycles. The van der Waals surface area contributed by atoms with Crippen molar-refractivity contribution in [1.29, 1.82) is 0 Å². The zero-order valence-electron chi connectivity index (χ0n) is 15.5. The highest BCUT2D eigenvalue weighted by Gasteiger charge is 2.42. The Bertz CT molecular complexity index is 1160. The highest BCUT2D eigenvalue weighted by Crippen LogP contribution is 2.30. The molecule has 0 bridgehead atoms. The number of imide groups is 1. The number of H-pyrrole nitrogens is 1. The van der Waals surface area contributed by atoms with E-state index in [1.54, 1.807) is 39.0 Å². The van der Waals surface area contributed by atoms with Gasteiger partial charge in [0.1, 0.15) is 0 Å². The first-order chi connectivity index (χ1) is 13.1. The number of imidazole rings is 1. The van der Waals surface area contributed by atoms with Gasteiger partial charge in [0.15, 0.2) is 0 Å². The number of nitrogens with zero attached hydrogens (tertiary/aromatic N) is 2. The summed E-state index contributed by atoms with van der Waals surface area (Å²) in [6.45, 7) is 5.38. The number of aromatic amines is 1. The molecule has 142 valence electrons. The van der Waals surface area contributed by atoms with Gasteiger partial charge in [0.05, 0.1) is 22.2 Å². The average molecular weight is 397 g/mol. The van der Waals surface area contributed by atoms with Gasteiger partial charge in [-0.25, -0.2) is 4.98 Å². The monoisotopic (exact) mass is 396 g/mol. The molecule has 28 heavy (non-hydrogen) atoms. The van der Waals surface area contributed by atoms with Gasteiger partial charge in [-0.3, -0.25) is 19.3 Å². The number of halogens is 1. The molecule has 0 saturated carbocycles. The lowest BCUT2D eigenvalue weighted by atomic mass is 10.1. The third-order valence-electron chi connectivity index (χ3n) is 4.53. The fourth-order valence-electron chi connectivity index (χ4n) is 3.25. The zero-order valence-corrected chi connectivity index (χ0v) is 16.2. The van der Waals surface area contributed by atoms with Gasteiger partial charge in [-0.1, -0.05) is 0 Å². The van der Waals surface area contributed by atoms with Gasteiger partial charge in [-0.2, -0.15) is 0 Å². The number of rotatable bonds is 2. The molecule has 0 unspecified atom stereocenters. The SMILES string of the molecule is CC(C)(C)N1C(=O)c2ccc(C(=O)Nc3ccc4nc(Cl)[nH]c4c3)cc2C1=O. The number of hydrogen-bond donors (Lipinski definition) is 2. The summed E-state index contributed by atoms with van der Waals surface area (Å²) in [4.78, 5) is 46.1. The fourth-order valence-corrected chi connectivity index (χ4v) is 3.44. The Hall–Kier alpha value is -3.19. The number of fused-ring (bicyclic) bond motifs is 2. The number of carbonyl (C=O) groups excluding carboxylic acids is 3. The quantitative estimate of drug-likeness (QED) is 0.643. The smallest absolute Gasteiger partial charge is 0.262 e. The Morgan fingerprint density at radius 3 is 2.50 bits per heavy atom. The van der Waals surface area contributed by atoms with E-state index in [4.69, 9.17) is 11.6 Å². The highest BCUT2D eigenvalue weighted by molar-refractivity contribution is 6.29. The van der Waals surface area contributed by atoms with Crippen molar-refractivity contribution in [3.63, 3.8) is 0 Å². The van der Waals surface area contributed by atoms with Gasteiger partial charge in [-0.05, 0) is 68.8 Å². The van der Waals surface area contributed by atoms with E-state index in [2.05, 4.69) is 15.3 Å². The third-order valence-corrected chi connectivity index (χ3v) is 4.71. The van der Waals surface area contributed by atoms with Crippen molar-refractivity contribution >= 4 is 46.0 Å². The van der Waals surface area contributed by atoms with Crippen molar-refractivity contribution < 1.29 is 14.4 Å². The molecule has 0 atom stereocenters. The second-order valence-electron chi connectivity index (χ2n) is 7.59. The predicted molar refractivity (Wildman–Crippen MR) is 106 cm³/mol. The van der Waals surface area contributed by atoms with Gasteiger partial charge in [0, 0.05) is 16.8 Å². The molecule has 3 amide bonds. The van der Waals surface area contributed by atoms with Crippen LogP contribution in [0.2, 0.25) is 5.28 Å². The van der Waals surface area contributed by atoms with E-state index in [0.717, 1.165) is 0 Å².